The standard InChI is InChI=1S/C23H23N3O3/c1-15-7-9-20(16(2)13-15)25-22(28)11-12-23(29)26-24-14-19-18-6-4-3-5-17(18)8-10-21(19)27/h3-10,13-14,27H,11-12H2,1-2H3,(H,25,28)(H,26,29)/b24-14+. The molecule has 0 radical (unpaired) electrons. The highest BCUT2D eigenvalue weighted by Crippen LogP contribution is 2.25. The smallest absolute Gasteiger partial charge is 0.240 e. The van der Waals surface area contributed by atoms with Gasteiger partial charge in [-0.05, 0) is 42.3 Å². The Bertz CT molecular complexity index is 1090. The Balaban J connectivity index is 1.54. The third-order valence-corrected chi connectivity index (χ3v) is 4.57. The zero-order valence-corrected chi connectivity index (χ0v) is 16.4. The molecule has 29 heavy (non-hydrogen) atoms. The molecule has 0 spiro atoms. The lowest BCUT2D eigenvalue weighted by Crippen LogP contribution is -2.21. The summed E-state index contributed by atoms with van der Waals surface area (Å²) in [5.41, 5.74) is 5.76. The Morgan fingerprint density at radius 3 is 2.55 bits per heavy atom. The van der Waals surface area contributed by atoms with E-state index in [4.69, 9.17) is 0 Å². The monoisotopic (exact) mass is 389 g/mol. The van der Waals surface area contributed by atoms with Crippen molar-refractivity contribution in [1.82, 2.24) is 5.43 Å². The number of fused-ring (bicyclic) bond motifs is 1. The second-order valence-electron chi connectivity index (χ2n) is 6.88. The van der Waals surface area contributed by atoms with Crippen molar-refractivity contribution in [1.29, 1.82) is 0 Å². The highest BCUT2D eigenvalue weighted by atomic mass is 16.3. The number of hydrogen-bond donors (Lipinski definition) is 3. The molecule has 3 N–H and O–H groups in total. The molecule has 0 saturated heterocycles. The van der Waals surface area contributed by atoms with E-state index in [1.165, 1.54) is 6.21 Å². The summed E-state index contributed by atoms with van der Waals surface area (Å²) in [7, 11) is 0. The fraction of sp³-hybridized carbons (Fsp3) is 0.174. The first-order chi connectivity index (χ1) is 13.9. The van der Waals surface area contributed by atoms with Gasteiger partial charge in [0.05, 0.1) is 6.21 Å². The number of hydrogen-bond acceptors (Lipinski definition) is 4. The van der Waals surface area contributed by atoms with E-state index in [0.717, 1.165) is 27.6 Å². The lowest BCUT2D eigenvalue weighted by Gasteiger charge is -2.09. The van der Waals surface area contributed by atoms with Crippen LogP contribution in [0.15, 0.2) is 59.7 Å². The van der Waals surface area contributed by atoms with Crippen molar-refractivity contribution in [3.05, 3.63) is 71.3 Å². The number of carbonyl (C=O) groups is 2. The molecule has 6 nitrogen and oxygen atoms in total. The fourth-order valence-electron chi connectivity index (χ4n) is 3.04. The van der Waals surface area contributed by atoms with Gasteiger partial charge in [-0.25, -0.2) is 5.43 Å². The quantitative estimate of drug-likeness (QED) is 0.439. The minimum Gasteiger partial charge on any atom is -0.507 e. The average Bonchev–Trinajstić information content (AvgIpc) is 2.70. The molecule has 2 amide bonds. The molecular formula is C23H23N3O3. The second-order valence-corrected chi connectivity index (χ2v) is 6.88. The van der Waals surface area contributed by atoms with Gasteiger partial charge in [0.25, 0.3) is 0 Å². The minimum absolute atomic E-state index is 0.00953. The Morgan fingerprint density at radius 2 is 1.76 bits per heavy atom. The molecule has 3 aromatic rings. The molecule has 3 rings (SSSR count). The summed E-state index contributed by atoms with van der Waals surface area (Å²) in [5, 5.41) is 18.6. The van der Waals surface area contributed by atoms with Gasteiger partial charge >= 0.3 is 0 Å². The van der Waals surface area contributed by atoms with Crippen molar-refractivity contribution in [3.8, 4) is 5.75 Å². The molecule has 0 bridgehead atoms. The van der Waals surface area contributed by atoms with Gasteiger partial charge in [-0.2, -0.15) is 5.10 Å². The van der Waals surface area contributed by atoms with Gasteiger partial charge in [-0.3, -0.25) is 9.59 Å². The van der Waals surface area contributed by atoms with Crippen LogP contribution in [-0.2, 0) is 9.59 Å². The Hall–Kier alpha value is -3.67. The molecule has 0 atom stereocenters. The van der Waals surface area contributed by atoms with Gasteiger partial charge in [0, 0.05) is 24.1 Å². The van der Waals surface area contributed by atoms with Crippen LogP contribution in [0.2, 0.25) is 0 Å². The normalized spacial score (nSPS) is 11.0. The van der Waals surface area contributed by atoms with Crippen molar-refractivity contribution in [3.63, 3.8) is 0 Å². The van der Waals surface area contributed by atoms with Crippen molar-refractivity contribution >= 4 is 34.5 Å². The molecule has 0 heterocycles. The summed E-state index contributed by atoms with van der Waals surface area (Å²) in [6.07, 6.45) is 1.47. The lowest BCUT2D eigenvalue weighted by atomic mass is 10.0. The van der Waals surface area contributed by atoms with Gasteiger partial charge in [-0.1, -0.05) is 48.0 Å². The molecule has 3 aromatic carbocycles. The van der Waals surface area contributed by atoms with Crippen LogP contribution in [0.3, 0.4) is 0 Å². The Kier molecular flexibility index (Phi) is 6.24. The number of amides is 2. The zero-order chi connectivity index (χ0) is 20.8. The molecule has 0 unspecified atom stereocenters. The van der Waals surface area contributed by atoms with Gasteiger partial charge in [0.15, 0.2) is 0 Å². The fourth-order valence-corrected chi connectivity index (χ4v) is 3.04. The molecule has 0 aromatic heterocycles. The van der Waals surface area contributed by atoms with Crippen LogP contribution in [0.25, 0.3) is 10.8 Å². The van der Waals surface area contributed by atoms with Crippen molar-refractivity contribution < 1.29 is 14.7 Å². The number of benzene rings is 3. The zero-order valence-electron chi connectivity index (χ0n) is 16.4. The first kappa shape index (κ1) is 20.1. The summed E-state index contributed by atoms with van der Waals surface area (Å²) < 4.78 is 0. The summed E-state index contributed by atoms with van der Waals surface area (Å²) in [6, 6.07) is 16.7. The van der Waals surface area contributed by atoms with Crippen LogP contribution in [0.4, 0.5) is 5.69 Å². The third-order valence-electron chi connectivity index (χ3n) is 4.57. The van der Waals surface area contributed by atoms with Gasteiger partial charge < -0.3 is 10.4 Å². The number of nitrogens with one attached hydrogen (secondary N) is 2. The molecule has 0 aliphatic carbocycles. The summed E-state index contributed by atoms with van der Waals surface area (Å²) in [5.74, 6) is -0.533. The summed E-state index contributed by atoms with van der Waals surface area (Å²) in [4.78, 5) is 24.1. The molecule has 6 heteroatoms. The van der Waals surface area contributed by atoms with E-state index >= 15 is 0 Å². The van der Waals surface area contributed by atoms with Crippen LogP contribution in [0, 0.1) is 13.8 Å². The molecule has 148 valence electrons. The lowest BCUT2D eigenvalue weighted by molar-refractivity contribution is -0.124. The predicted molar refractivity (Wildman–Crippen MR) is 115 cm³/mol. The maximum absolute atomic E-state index is 12.1. The Labute approximate surface area is 169 Å². The molecule has 0 aliphatic rings. The number of phenolic OH excluding ortho intramolecular Hbond substituents is 1. The van der Waals surface area contributed by atoms with Crippen LogP contribution in [-0.4, -0.2) is 23.1 Å². The number of phenols is 1. The van der Waals surface area contributed by atoms with Crippen LogP contribution >= 0.6 is 0 Å². The maximum atomic E-state index is 12.1. The summed E-state index contributed by atoms with van der Waals surface area (Å²) in [6.45, 7) is 3.91. The highest BCUT2D eigenvalue weighted by Gasteiger charge is 2.09. The molecule has 0 fully saturated rings. The largest absolute Gasteiger partial charge is 0.507 e. The van der Waals surface area contributed by atoms with E-state index in [0.29, 0.717) is 5.56 Å². The molecule has 0 saturated carbocycles. The van der Waals surface area contributed by atoms with E-state index in [9.17, 15) is 14.7 Å². The van der Waals surface area contributed by atoms with Crippen LogP contribution < -0.4 is 10.7 Å². The van der Waals surface area contributed by atoms with E-state index in [1.807, 2.05) is 62.4 Å². The van der Waals surface area contributed by atoms with Crippen LogP contribution in [0.1, 0.15) is 29.5 Å². The second kappa shape index (κ2) is 9.01. The van der Waals surface area contributed by atoms with E-state index in [-0.39, 0.29) is 30.4 Å². The van der Waals surface area contributed by atoms with Gasteiger partial charge in [0.2, 0.25) is 11.8 Å². The van der Waals surface area contributed by atoms with Gasteiger partial charge in [0.1, 0.15) is 5.75 Å². The minimum atomic E-state index is -0.378. The first-order valence-electron chi connectivity index (χ1n) is 9.34. The topological polar surface area (TPSA) is 90.8 Å². The highest BCUT2D eigenvalue weighted by molar-refractivity contribution is 6.02. The van der Waals surface area contributed by atoms with Gasteiger partial charge in [-0.15, -0.1) is 0 Å². The number of anilines is 1. The Morgan fingerprint density at radius 1 is 1.00 bits per heavy atom. The number of rotatable bonds is 6. The third kappa shape index (κ3) is 5.19. The first-order valence-corrected chi connectivity index (χ1v) is 9.34. The van der Waals surface area contributed by atoms with Crippen molar-refractivity contribution in [2.45, 2.75) is 26.7 Å². The average molecular weight is 389 g/mol. The number of aryl methyl sites for hydroxylation is 2. The van der Waals surface area contributed by atoms with E-state index in [2.05, 4.69) is 15.8 Å². The van der Waals surface area contributed by atoms with Crippen molar-refractivity contribution in [2.75, 3.05) is 5.32 Å². The SMILES string of the molecule is Cc1ccc(NC(=O)CCC(=O)N/N=C/c2c(O)ccc3ccccc23)c(C)c1. The van der Waals surface area contributed by atoms with Crippen LogP contribution in [0.5, 0.6) is 5.75 Å². The number of hydrazone groups is 1. The summed E-state index contributed by atoms with van der Waals surface area (Å²) >= 11 is 0. The van der Waals surface area contributed by atoms with E-state index in [1.54, 1.807) is 6.07 Å². The predicted octanol–water partition coefficient (Wildman–Crippen LogP) is 4.03. The van der Waals surface area contributed by atoms with Crippen molar-refractivity contribution in [2.24, 2.45) is 5.10 Å². The van der Waals surface area contributed by atoms with E-state index < -0.39 is 0 Å². The molecule has 0 aliphatic heterocycles. The molecular weight excluding hydrogens is 366 g/mol. The number of aromatic hydroxyl groups is 1. The number of nitrogens with zero attached hydrogens (tertiary/aromatic N) is 1. The maximum Gasteiger partial charge on any atom is 0.240 e. The number of carbonyl (C=O) groups excluding carboxylic acids is 2.